The Labute approximate surface area is 123 Å². The quantitative estimate of drug-likeness (QED) is 0.799. The minimum atomic E-state index is -0.0944. The van der Waals surface area contributed by atoms with Gasteiger partial charge in [-0.2, -0.15) is 0 Å². The summed E-state index contributed by atoms with van der Waals surface area (Å²) < 4.78 is 2.08. The lowest BCUT2D eigenvalue weighted by Gasteiger charge is -2.41. The molecule has 1 saturated carbocycles. The van der Waals surface area contributed by atoms with Crippen LogP contribution in [0, 0.1) is 11.8 Å². The molecule has 0 radical (unpaired) electrons. The van der Waals surface area contributed by atoms with Crippen molar-refractivity contribution >= 4 is 11.8 Å². The first-order valence-electron chi connectivity index (χ1n) is 7.33. The van der Waals surface area contributed by atoms with E-state index < -0.39 is 0 Å². The molecule has 1 aromatic heterocycles. The Kier molecular flexibility index (Phi) is 3.77. The average Bonchev–Trinajstić information content (AvgIpc) is 2.87. The van der Waals surface area contributed by atoms with Crippen molar-refractivity contribution in [3.8, 4) is 0 Å². The molecule has 2 heterocycles. The fraction of sp³-hybridized carbons (Fsp3) is 0.533. The van der Waals surface area contributed by atoms with Crippen molar-refractivity contribution in [1.82, 2.24) is 19.8 Å². The summed E-state index contributed by atoms with van der Waals surface area (Å²) in [5, 5.41) is 3.08. The van der Waals surface area contributed by atoms with Gasteiger partial charge in [-0.25, -0.2) is 4.98 Å². The number of nitrogens with one attached hydrogen (secondary N) is 1. The van der Waals surface area contributed by atoms with E-state index in [0.29, 0.717) is 19.0 Å². The van der Waals surface area contributed by atoms with Crippen LogP contribution in [0.4, 0.5) is 0 Å². The number of imidazole rings is 1. The molecule has 0 bridgehead atoms. The Hall–Kier alpha value is -2.11. The molecule has 21 heavy (non-hydrogen) atoms. The fourth-order valence-corrected chi connectivity index (χ4v) is 2.97. The van der Waals surface area contributed by atoms with Gasteiger partial charge in [0.25, 0.3) is 0 Å². The first kappa shape index (κ1) is 13.9. The van der Waals surface area contributed by atoms with Gasteiger partial charge in [-0.3, -0.25) is 9.59 Å². The van der Waals surface area contributed by atoms with E-state index in [9.17, 15) is 9.59 Å². The summed E-state index contributed by atoms with van der Waals surface area (Å²) in [7, 11) is 0. The van der Waals surface area contributed by atoms with Gasteiger partial charge in [-0.05, 0) is 24.8 Å². The molecule has 1 N–H and O–H groups in total. The zero-order valence-electron chi connectivity index (χ0n) is 11.9. The van der Waals surface area contributed by atoms with Crippen molar-refractivity contribution < 1.29 is 9.59 Å². The topological polar surface area (TPSA) is 67.2 Å². The van der Waals surface area contributed by atoms with E-state index in [2.05, 4.69) is 21.4 Å². The van der Waals surface area contributed by atoms with E-state index >= 15 is 0 Å². The SMILES string of the molecule is C=CC(=O)N1CC(C(=O)NC2CC(Cn3ccnc3)C2)C1. The number of amides is 2. The molecular weight excluding hydrogens is 268 g/mol. The summed E-state index contributed by atoms with van der Waals surface area (Å²) in [6.07, 6.45) is 8.90. The summed E-state index contributed by atoms with van der Waals surface area (Å²) in [4.78, 5) is 29.0. The molecule has 2 amide bonds. The summed E-state index contributed by atoms with van der Waals surface area (Å²) in [6.45, 7) is 5.45. The van der Waals surface area contributed by atoms with Crippen LogP contribution in [0.25, 0.3) is 0 Å². The number of hydrogen-bond donors (Lipinski definition) is 1. The van der Waals surface area contributed by atoms with Gasteiger partial charge >= 0.3 is 0 Å². The standard InChI is InChI=1S/C15H20N4O2/c1-2-14(20)19-8-12(9-19)15(21)17-13-5-11(6-13)7-18-4-3-16-10-18/h2-4,10-13H,1,5-9H2,(H,17,21). The second-order valence-corrected chi connectivity index (χ2v) is 5.95. The zero-order chi connectivity index (χ0) is 14.8. The van der Waals surface area contributed by atoms with Crippen LogP contribution in [0.3, 0.4) is 0 Å². The lowest BCUT2D eigenvalue weighted by Crippen LogP contribution is -2.58. The lowest BCUT2D eigenvalue weighted by atomic mass is 9.79. The highest BCUT2D eigenvalue weighted by atomic mass is 16.2. The van der Waals surface area contributed by atoms with E-state index in [0.717, 1.165) is 19.4 Å². The Balaban J connectivity index is 1.35. The van der Waals surface area contributed by atoms with Gasteiger partial charge in [-0.1, -0.05) is 6.58 Å². The van der Waals surface area contributed by atoms with E-state index in [4.69, 9.17) is 0 Å². The molecule has 1 saturated heterocycles. The predicted molar refractivity (Wildman–Crippen MR) is 77.1 cm³/mol. The molecular formula is C15H20N4O2. The molecule has 1 aliphatic heterocycles. The second-order valence-electron chi connectivity index (χ2n) is 5.95. The van der Waals surface area contributed by atoms with Gasteiger partial charge in [0.2, 0.25) is 11.8 Å². The van der Waals surface area contributed by atoms with Crippen LogP contribution >= 0.6 is 0 Å². The summed E-state index contributed by atoms with van der Waals surface area (Å²) in [6, 6.07) is 0.287. The highest BCUT2D eigenvalue weighted by Gasteiger charge is 2.37. The van der Waals surface area contributed by atoms with Crippen molar-refractivity contribution in [2.45, 2.75) is 25.4 Å². The van der Waals surface area contributed by atoms with Crippen molar-refractivity contribution in [3.05, 3.63) is 31.4 Å². The Morgan fingerprint density at radius 1 is 1.38 bits per heavy atom. The van der Waals surface area contributed by atoms with E-state index in [1.165, 1.54) is 6.08 Å². The van der Waals surface area contributed by atoms with Gasteiger partial charge in [0.05, 0.1) is 12.2 Å². The van der Waals surface area contributed by atoms with Crippen LogP contribution in [0.1, 0.15) is 12.8 Å². The molecule has 6 heteroatoms. The van der Waals surface area contributed by atoms with E-state index in [1.54, 1.807) is 11.1 Å². The van der Waals surface area contributed by atoms with Crippen LogP contribution < -0.4 is 5.32 Å². The van der Waals surface area contributed by atoms with Crippen molar-refractivity contribution in [3.63, 3.8) is 0 Å². The Morgan fingerprint density at radius 2 is 2.14 bits per heavy atom. The number of carbonyl (C=O) groups excluding carboxylic acids is 2. The van der Waals surface area contributed by atoms with Crippen LogP contribution in [0.5, 0.6) is 0 Å². The van der Waals surface area contributed by atoms with Crippen molar-refractivity contribution in [2.75, 3.05) is 13.1 Å². The van der Waals surface area contributed by atoms with Gasteiger partial charge in [0, 0.05) is 38.1 Å². The third-order valence-electron chi connectivity index (χ3n) is 4.35. The molecule has 2 fully saturated rings. The number of likely N-dealkylation sites (tertiary alicyclic amines) is 1. The van der Waals surface area contributed by atoms with Gasteiger partial charge in [0.1, 0.15) is 0 Å². The molecule has 0 aromatic carbocycles. The molecule has 6 nitrogen and oxygen atoms in total. The molecule has 3 rings (SSSR count). The maximum Gasteiger partial charge on any atom is 0.246 e. The highest BCUT2D eigenvalue weighted by molar-refractivity contribution is 5.90. The van der Waals surface area contributed by atoms with E-state index in [-0.39, 0.29) is 23.8 Å². The number of aromatic nitrogens is 2. The summed E-state index contributed by atoms with van der Waals surface area (Å²) in [5.41, 5.74) is 0. The number of nitrogens with zero attached hydrogens (tertiary/aromatic N) is 3. The Morgan fingerprint density at radius 3 is 2.76 bits per heavy atom. The smallest absolute Gasteiger partial charge is 0.246 e. The first-order chi connectivity index (χ1) is 10.2. The third kappa shape index (κ3) is 2.99. The van der Waals surface area contributed by atoms with Crippen LogP contribution in [0.2, 0.25) is 0 Å². The lowest BCUT2D eigenvalue weighted by molar-refractivity contribution is -0.140. The highest BCUT2D eigenvalue weighted by Crippen LogP contribution is 2.29. The minimum Gasteiger partial charge on any atom is -0.353 e. The minimum absolute atomic E-state index is 0.0541. The molecule has 2 aliphatic rings. The van der Waals surface area contributed by atoms with Crippen molar-refractivity contribution in [2.24, 2.45) is 11.8 Å². The van der Waals surface area contributed by atoms with Crippen LogP contribution in [-0.4, -0.2) is 45.4 Å². The Bertz CT molecular complexity index is 528. The number of rotatable bonds is 5. The maximum absolute atomic E-state index is 12.0. The fourth-order valence-electron chi connectivity index (χ4n) is 2.97. The number of hydrogen-bond acceptors (Lipinski definition) is 3. The maximum atomic E-state index is 12.0. The third-order valence-corrected chi connectivity index (χ3v) is 4.35. The molecule has 0 unspecified atom stereocenters. The normalized spacial score (nSPS) is 24.9. The van der Waals surface area contributed by atoms with Crippen molar-refractivity contribution in [1.29, 1.82) is 0 Å². The van der Waals surface area contributed by atoms with Gasteiger partial charge in [-0.15, -0.1) is 0 Å². The van der Waals surface area contributed by atoms with Gasteiger partial charge in [0.15, 0.2) is 0 Å². The van der Waals surface area contributed by atoms with E-state index in [1.807, 2.05) is 12.5 Å². The summed E-state index contributed by atoms with van der Waals surface area (Å²) in [5.74, 6) is 0.545. The molecule has 0 spiro atoms. The molecule has 0 atom stereocenters. The monoisotopic (exact) mass is 288 g/mol. The van der Waals surface area contributed by atoms with Crippen LogP contribution in [0.15, 0.2) is 31.4 Å². The summed E-state index contributed by atoms with van der Waals surface area (Å²) >= 11 is 0. The first-order valence-corrected chi connectivity index (χ1v) is 7.33. The molecule has 112 valence electrons. The van der Waals surface area contributed by atoms with Crippen LogP contribution in [-0.2, 0) is 16.1 Å². The molecule has 1 aromatic rings. The average molecular weight is 288 g/mol. The van der Waals surface area contributed by atoms with Gasteiger partial charge < -0.3 is 14.8 Å². The predicted octanol–water partition coefficient (Wildman–Crippen LogP) is 0.422. The zero-order valence-corrected chi connectivity index (χ0v) is 11.9. The number of carbonyl (C=O) groups is 2. The largest absolute Gasteiger partial charge is 0.353 e. The second kappa shape index (κ2) is 5.71. The molecule has 1 aliphatic carbocycles.